The second-order valence-electron chi connectivity index (χ2n) is 5.70. The fourth-order valence-electron chi connectivity index (χ4n) is 1.95. The minimum Gasteiger partial charge on any atom is -0.135 e. The van der Waals surface area contributed by atoms with Crippen molar-refractivity contribution in [1.82, 2.24) is 0 Å². The van der Waals surface area contributed by atoms with E-state index >= 15 is 0 Å². The van der Waals surface area contributed by atoms with Gasteiger partial charge in [-0.1, -0.05) is 34.6 Å². The number of hydrogen-bond donors (Lipinski definition) is 0. The van der Waals surface area contributed by atoms with Gasteiger partial charge < -0.3 is 0 Å². The van der Waals surface area contributed by atoms with E-state index in [0.717, 1.165) is 12.8 Å². The van der Waals surface area contributed by atoms with Gasteiger partial charge >= 0.3 is 0 Å². The lowest BCUT2D eigenvalue weighted by atomic mass is 9.82. The van der Waals surface area contributed by atoms with Gasteiger partial charge in [0.15, 0.2) is 5.66 Å². The van der Waals surface area contributed by atoms with Crippen LogP contribution in [0.4, 0.5) is 0 Å². The van der Waals surface area contributed by atoms with E-state index in [1.54, 1.807) is 0 Å². The second kappa shape index (κ2) is 3.75. The summed E-state index contributed by atoms with van der Waals surface area (Å²) < 4.78 is 0. The zero-order chi connectivity index (χ0) is 10.8. The summed E-state index contributed by atoms with van der Waals surface area (Å²) in [5, 5.41) is 15.7. The van der Waals surface area contributed by atoms with Crippen LogP contribution in [-0.4, -0.2) is 5.66 Å². The van der Waals surface area contributed by atoms with Crippen molar-refractivity contribution in [3.8, 4) is 0 Å². The van der Waals surface area contributed by atoms with E-state index in [1.807, 2.05) is 0 Å². The van der Waals surface area contributed by atoms with Crippen molar-refractivity contribution in [2.24, 2.45) is 32.0 Å². The third-order valence-corrected chi connectivity index (χ3v) is 2.05. The Bertz CT molecular complexity index is 235. The predicted molar refractivity (Wildman–Crippen MR) is 56.0 cm³/mol. The Kier molecular flexibility index (Phi) is 3.02. The Hall–Kier alpha value is -0.800. The molecule has 0 aromatic rings. The molecule has 80 valence electrons. The van der Waals surface area contributed by atoms with Crippen LogP contribution in [0.15, 0.2) is 20.7 Å². The summed E-state index contributed by atoms with van der Waals surface area (Å²) in [5.74, 6) is 0.563. The van der Waals surface area contributed by atoms with Gasteiger partial charge in [0.05, 0.1) is 0 Å². The van der Waals surface area contributed by atoms with Crippen molar-refractivity contribution in [3.05, 3.63) is 0 Å². The Labute approximate surface area is 85.9 Å². The van der Waals surface area contributed by atoms with Crippen LogP contribution in [0.25, 0.3) is 0 Å². The largest absolute Gasteiger partial charge is 0.196 e. The third-order valence-electron chi connectivity index (χ3n) is 2.05. The molecule has 0 N–H and O–H groups in total. The third kappa shape index (κ3) is 3.16. The first kappa shape index (κ1) is 11.3. The van der Waals surface area contributed by atoms with Gasteiger partial charge in [0.25, 0.3) is 0 Å². The monoisotopic (exact) mass is 196 g/mol. The molecule has 1 aliphatic heterocycles. The molecule has 0 spiro atoms. The van der Waals surface area contributed by atoms with E-state index in [2.05, 4.69) is 55.3 Å². The maximum absolute atomic E-state index is 4.18. The molecule has 0 aromatic heterocycles. The summed E-state index contributed by atoms with van der Waals surface area (Å²) in [6, 6.07) is 0. The molecule has 0 bridgehead atoms. The maximum atomic E-state index is 4.18. The van der Waals surface area contributed by atoms with Crippen LogP contribution in [0.5, 0.6) is 0 Å². The van der Waals surface area contributed by atoms with Crippen molar-refractivity contribution in [1.29, 1.82) is 0 Å². The summed E-state index contributed by atoms with van der Waals surface area (Å²) in [7, 11) is 0. The SMILES string of the molecule is CC(C)CC1(CC(C)(C)C)N=NN=N1. The lowest BCUT2D eigenvalue weighted by molar-refractivity contribution is 0.229. The van der Waals surface area contributed by atoms with Gasteiger partial charge in [-0.3, -0.25) is 0 Å². The Balaban J connectivity index is 2.74. The molecule has 0 saturated carbocycles. The van der Waals surface area contributed by atoms with Gasteiger partial charge in [0, 0.05) is 6.42 Å². The standard InChI is InChI=1S/C10H20N4/c1-8(2)6-10(7-9(3,4)5)11-13-14-12-10/h8H,6-7H2,1-5H3. The molecule has 0 unspecified atom stereocenters. The van der Waals surface area contributed by atoms with Crippen molar-refractivity contribution in [2.75, 3.05) is 0 Å². The van der Waals surface area contributed by atoms with E-state index < -0.39 is 0 Å². The molecule has 0 amide bonds. The molecule has 0 saturated heterocycles. The molecule has 0 atom stereocenters. The molecule has 14 heavy (non-hydrogen) atoms. The highest BCUT2D eigenvalue weighted by molar-refractivity contribution is 4.89. The first-order chi connectivity index (χ1) is 6.33. The zero-order valence-corrected chi connectivity index (χ0v) is 9.78. The van der Waals surface area contributed by atoms with Crippen molar-refractivity contribution < 1.29 is 0 Å². The predicted octanol–water partition coefficient (Wildman–Crippen LogP) is 4.00. The smallest absolute Gasteiger partial charge is 0.135 e. The van der Waals surface area contributed by atoms with E-state index in [1.165, 1.54) is 0 Å². The first-order valence-corrected chi connectivity index (χ1v) is 5.17. The molecule has 0 aliphatic carbocycles. The fraction of sp³-hybridized carbons (Fsp3) is 1.00. The quantitative estimate of drug-likeness (QED) is 0.655. The summed E-state index contributed by atoms with van der Waals surface area (Å²) in [4.78, 5) is 0. The highest BCUT2D eigenvalue weighted by Crippen LogP contribution is 2.38. The number of nitrogens with zero attached hydrogens (tertiary/aromatic N) is 4. The summed E-state index contributed by atoms with van der Waals surface area (Å²) in [6.45, 7) is 10.9. The fourth-order valence-corrected chi connectivity index (χ4v) is 1.95. The molecule has 0 fully saturated rings. The maximum Gasteiger partial charge on any atom is 0.196 e. The van der Waals surface area contributed by atoms with Gasteiger partial charge in [-0.2, -0.15) is 0 Å². The van der Waals surface area contributed by atoms with Gasteiger partial charge in [-0.05, 0) is 28.2 Å². The van der Waals surface area contributed by atoms with Gasteiger partial charge in [-0.25, -0.2) is 0 Å². The Morgan fingerprint density at radius 1 is 1.07 bits per heavy atom. The normalized spacial score (nSPS) is 19.6. The molecular weight excluding hydrogens is 176 g/mol. The number of rotatable bonds is 3. The highest BCUT2D eigenvalue weighted by atomic mass is 15.6. The van der Waals surface area contributed by atoms with Crippen molar-refractivity contribution in [3.63, 3.8) is 0 Å². The highest BCUT2D eigenvalue weighted by Gasteiger charge is 2.37. The summed E-state index contributed by atoms with van der Waals surface area (Å²) >= 11 is 0. The average molecular weight is 196 g/mol. The van der Waals surface area contributed by atoms with Crippen molar-refractivity contribution in [2.45, 2.75) is 53.1 Å². The Morgan fingerprint density at radius 3 is 1.93 bits per heavy atom. The molecule has 4 nitrogen and oxygen atoms in total. The van der Waals surface area contributed by atoms with Crippen LogP contribution >= 0.6 is 0 Å². The molecule has 0 radical (unpaired) electrons. The van der Waals surface area contributed by atoms with Crippen LogP contribution in [0, 0.1) is 11.3 Å². The first-order valence-electron chi connectivity index (χ1n) is 5.17. The topological polar surface area (TPSA) is 49.4 Å². The minimum absolute atomic E-state index is 0.206. The zero-order valence-electron chi connectivity index (χ0n) is 9.78. The van der Waals surface area contributed by atoms with Crippen LogP contribution in [-0.2, 0) is 0 Å². The van der Waals surface area contributed by atoms with Gasteiger partial charge in [-0.15, -0.1) is 10.2 Å². The molecule has 1 aliphatic rings. The van der Waals surface area contributed by atoms with Crippen LogP contribution < -0.4 is 0 Å². The van der Waals surface area contributed by atoms with Gasteiger partial charge in [0.1, 0.15) is 0 Å². The second-order valence-corrected chi connectivity index (χ2v) is 5.70. The summed E-state index contributed by atoms with van der Waals surface area (Å²) in [5.41, 5.74) is -0.177. The van der Waals surface area contributed by atoms with Crippen molar-refractivity contribution >= 4 is 0 Å². The van der Waals surface area contributed by atoms with Gasteiger partial charge in [0.2, 0.25) is 0 Å². The lowest BCUT2D eigenvalue weighted by Gasteiger charge is -2.29. The van der Waals surface area contributed by atoms with E-state index in [-0.39, 0.29) is 11.1 Å². The Morgan fingerprint density at radius 2 is 1.57 bits per heavy atom. The molecular formula is C10H20N4. The molecule has 1 rings (SSSR count). The van der Waals surface area contributed by atoms with Crippen LogP contribution in [0.3, 0.4) is 0 Å². The minimum atomic E-state index is -0.383. The average Bonchev–Trinajstić information content (AvgIpc) is 2.30. The van der Waals surface area contributed by atoms with E-state index in [4.69, 9.17) is 0 Å². The van der Waals surface area contributed by atoms with E-state index in [0.29, 0.717) is 5.92 Å². The molecule has 1 heterocycles. The number of hydrogen-bond acceptors (Lipinski definition) is 4. The van der Waals surface area contributed by atoms with E-state index in [9.17, 15) is 0 Å². The molecule has 4 heteroatoms. The van der Waals surface area contributed by atoms with Crippen LogP contribution in [0.2, 0.25) is 0 Å². The summed E-state index contributed by atoms with van der Waals surface area (Å²) in [6.07, 6.45) is 1.84. The van der Waals surface area contributed by atoms with Crippen LogP contribution in [0.1, 0.15) is 47.5 Å². The lowest BCUT2D eigenvalue weighted by Crippen LogP contribution is -2.29. The molecule has 0 aromatic carbocycles.